The van der Waals surface area contributed by atoms with Crippen LogP contribution in [0.3, 0.4) is 0 Å². The molecule has 2 unspecified atom stereocenters. The summed E-state index contributed by atoms with van der Waals surface area (Å²) in [5, 5.41) is 3.24. The van der Waals surface area contributed by atoms with Gasteiger partial charge in [-0.25, -0.2) is 0 Å². The number of ether oxygens (including phenoxy) is 1. The highest BCUT2D eigenvalue weighted by Crippen LogP contribution is 1.97. The van der Waals surface area contributed by atoms with Gasteiger partial charge in [-0.3, -0.25) is 4.79 Å². The summed E-state index contributed by atoms with van der Waals surface area (Å²) in [6.07, 6.45) is 0. The summed E-state index contributed by atoms with van der Waals surface area (Å²) in [6, 6.07) is -0.112. The fourth-order valence-corrected chi connectivity index (χ4v) is 1.62. The molecule has 0 rings (SSSR count). The highest BCUT2D eigenvalue weighted by Gasteiger charge is 2.17. The lowest BCUT2D eigenvalue weighted by Gasteiger charge is -2.24. The van der Waals surface area contributed by atoms with Crippen molar-refractivity contribution < 1.29 is 9.53 Å². The van der Waals surface area contributed by atoms with Gasteiger partial charge in [-0.2, -0.15) is 0 Å². The molecule has 96 valence electrons. The van der Waals surface area contributed by atoms with Crippen molar-refractivity contribution in [1.29, 1.82) is 0 Å². The zero-order valence-electron chi connectivity index (χ0n) is 11.2. The van der Waals surface area contributed by atoms with Crippen LogP contribution in [0, 0.1) is 5.92 Å². The summed E-state index contributed by atoms with van der Waals surface area (Å²) in [5.41, 5.74) is 0. The first-order chi connectivity index (χ1) is 7.56. The average Bonchev–Trinajstić information content (AvgIpc) is 2.27. The number of methoxy groups -OCH3 is 1. The highest BCUT2D eigenvalue weighted by atomic mass is 16.5. The van der Waals surface area contributed by atoms with Gasteiger partial charge in [0.2, 0.25) is 5.91 Å². The summed E-state index contributed by atoms with van der Waals surface area (Å²) in [6.45, 7) is 11.1. The zero-order chi connectivity index (χ0) is 12.6. The number of likely N-dealkylation sites (N-methyl/N-ethyl adjacent to an activating group) is 1. The molecule has 0 aromatic heterocycles. The Morgan fingerprint density at radius 1 is 1.31 bits per heavy atom. The summed E-state index contributed by atoms with van der Waals surface area (Å²) in [4.78, 5) is 13.8. The van der Waals surface area contributed by atoms with Crippen LogP contribution < -0.4 is 5.32 Å². The Labute approximate surface area is 99.3 Å². The number of nitrogens with one attached hydrogen (secondary N) is 1. The van der Waals surface area contributed by atoms with Crippen molar-refractivity contribution in [2.45, 2.75) is 33.7 Å². The van der Waals surface area contributed by atoms with Crippen molar-refractivity contribution in [3.05, 3.63) is 0 Å². The SMILES string of the molecule is CCN(CC)C(=O)C(C)NCC(C)COC. The van der Waals surface area contributed by atoms with Gasteiger partial charge in [-0.15, -0.1) is 0 Å². The number of hydrogen-bond acceptors (Lipinski definition) is 3. The molecule has 4 nitrogen and oxygen atoms in total. The predicted molar refractivity (Wildman–Crippen MR) is 66.4 cm³/mol. The predicted octanol–water partition coefficient (Wildman–Crippen LogP) is 1.12. The smallest absolute Gasteiger partial charge is 0.239 e. The lowest BCUT2D eigenvalue weighted by atomic mass is 10.2. The molecule has 0 aliphatic carbocycles. The minimum absolute atomic E-state index is 0.112. The Balaban J connectivity index is 3.95. The van der Waals surface area contributed by atoms with E-state index >= 15 is 0 Å². The monoisotopic (exact) mass is 230 g/mol. The van der Waals surface area contributed by atoms with Crippen molar-refractivity contribution in [2.24, 2.45) is 5.92 Å². The molecule has 0 saturated carbocycles. The number of carbonyl (C=O) groups excluding carboxylic acids is 1. The summed E-state index contributed by atoms with van der Waals surface area (Å²) < 4.78 is 5.05. The third-order valence-corrected chi connectivity index (χ3v) is 2.67. The number of nitrogens with zero attached hydrogens (tertiary/aromatic N) is 1. The first-order valence-corrected chi connectivity index (χ1v) is 6.07. The summed E-state index contributed by atoms with van der Waals surface area (Å²) in [7, 11) is 1.70. The highest BCUT2D eigenvalue weighted by molar-refractivity contribution is 5.81. The Kier molecular flexibility index (Phi) is 8.21. The van der Waals surface area contributed by atoms with E-state index in [1.807, 2.05) is 25.7 Å². The van der Waals surface area contributed by atoms with Crippen LogP contribution in [0.1, 0.15) is 27.7 Å². The summed E-state index contributed by atoms with van der Waals surface area (Å²) >= 11 is 0. The lowest BCUT2D eigenvalue weighted by molar-refractivity contribution is -0.132. The summed E-state index contributed by atoms with van der Waals surface area (Å²) in [5.74, 6) is 0.603. The van der Waals surface area contributed by atoms with Crippen molar-refractivity contribution >= 4 is 5.91 Å². The average molecular weight is 230 g/mol. The van der Waals surface area contributed by atoms with E-state index in [2.05, 4.69) is 12.2 Å². The number of hydrogen-bond donors (Lipinski definition) is 1. The van der Waals surface area contributed by atoms with Gasteiger partial charge in [-0.05, 0) is 26.7 Å². The van der Waals surface area contributed by atoms with E-state index in [4.69, 9.17) is 4.74 Å². The minimum atomic E-state index is -0.112. The minimum Gasteiger partial charge on any atom is -0.384 e. The molecule has 0 fully saturated rings. The van der Waals surface area contributed by atoms with Crippen LogP contribution in [-0.2, 0) is 9.53 Å². The second-order valence-electron chi connectivity index (χ2n) is 4.20. The lowest BCUT2D eigenvalue weighted by Crippen LogP contribution is -2.46. The van der Waals surface area contributed by atoms with Crippen LogP contribution in [0.2, 0.25) is 0 Å². The van der Waals surface area contributed by atoms with Gasteiger partial charge in [0.15, 0.2) is 0 Å². The van der Waals surface area contributed by atoms with Crippen LogP contribution in [0.25, 0.3) is 0 Å². The Bertz CT molecular complexity index is 193. The van der Waals surface area contributed by atoms with Crippen molar-refractivity contribution in [3.8, 4) is 0 Å². The molecule has 0 heterocycles. The Morgan fingerprint density at radius 2 is 1.88 bits per heavy atom. The largest absolute Gasteiger partial charge is 0.384 e. The van der Waals surface area contributed by atoms with Crippen LogP contribution >= 0.6 is 0 Å². The first kappa shape index (κ1) is 15.4. The third-order valence-electron chi connectivity index (χ3n) is 2.67. The molecule has 0 aliphatic heterocycles. The molecular weight excluding hydrogens is 204 g/mol. The van der Waals surface area contributed by atoms with Gasteiger partial charge in [0.1, 0.15) is 0 Å². The molecule has 0 saturated heterocycles. The van der Waals surface area contributed by atoms with E-state index in [1.165, 1.54) is 0 Å². The van der Waals surface area contributed by atoms with E-state index in [9.17, 15) is 4.79 Å². The quantitative estimate of drug-likeness (QED) is 0.679. The normalized spacial score (nSPS) is 14.6. The molecule has 16 heavy (non-hydrogen) atoms. The number of amides is 1. The van der Waals surface area contributed by atoms with E-state index in [0.717, 1.165) is 26.2 Å². The molecule has 0 aromatic carbocycles. The molecule has 0 aliphatic rings. The molecule has 1 N–H and O–H groups in total. The third kappa shape index (κ3) is 5.47. The van der Waals surface area contributed by atoms with E-state index in [-0.39, 0.29) is 11.9 Å². The van der Waals surface area contributed by atoms with Crippen LogP contribution in [-0.4, -0.2) is 50.2 Å². The van der Waals surface area contributed by atoms with Gasteiger partial charge >= 0.3 is 0 Å². The van der Waals surface area contributed by atoms with Crippen molar-refractivity contribution in [3.63, 3.8) is 0 Å². The zero-order valence-corrected chi connectivity index (χ0v) is 11.2. The van der Waals surface area contributed by atoms with Gasteiger partial charge in [0.05, 0.1) is 6.04 Å². The van der Waals surface area contributed by atoms with Gasteiger partial charge < -0.3 is 15.0 Å². The van der Waals surface area contributed by atoms with Crippen LogP contribution in [0.4, 0.5) is 0 Å². The first-order valence-electron chi connectivity index (χ1n) is 6.07. The van der Waals surface area contributed by atoms with Gasteiger partial charge in [0, 0.05) is 33.4 Å². The maximum absolute atomic E-state index is 11.9. The number of rotatable bonds is 8. The van der Waals surface area contributed by atoms with Gasteiger partial charge in [0.25, 0.3) is 0 Å². The topological polar surface area (TPSA) is 41.6 Å². The molecule has 1 amide bonds. The van der Waals surface area contributed by atoms with E-state index in [0.29, 0.717) is 5.92 Å². The van der Waals surface area contributed by atoms with Crippen LogP contribution in [0.15, 0.2) is 0 Å². The molecule has 0 spiro atoms. The Morgan fingerprint density at radius 3 is 2.31 bits per heavy atom. The van der Waals surface area contributed by atoms with Gasteiger partial charge in [-0.1, -0.05) is 6.92 Å². The molecule has 0 bridgehead atoms. The molecule has 0 radical (unpaired) electrons. The number of carbonyl (C=O) groups is 1. The Hall–Kier alpha value is -0.610. The van der Waals surface area contributed by atoms with E-state index in [1.54, 1.807) is 7.11 Å². The molecule has 0 aromatic rings. The maximum atomic E-state index is 11.9. The standard InChI is InChI=1S/C12H26N2O2/c1-6-14(7-2)12(15)11(4)13-8-10(3)9-16-5/h10-11,13H,6-9H2,1-5H3. The second-order valence-corrected chi connectivity index (χ2v) is 4.20. The molecule has 4 heteroatoms. The molecular formula is C12H26N2O2. The fraction of sp³-hybridized carbons (Fsp3) is 0.917. The van der Waals surface area contributed by atoms with Crippen molar-refractivity contribution in [2.75, 3.05) is 33.4 Å². The van der Waals surface area contributed by atoms with E-state index < -0.39 is 0 Å². The van der Waals surface area contributed by atoms with Crippen LogP contribution in [0.5, 0.6) is 0 Å². The second kappa shape index (κ2) is 8.53. The van der Waals surface area contributed by atoms with Crippen molar-refractivity contribution in [1.82, 2.24) is 10.2 Å². The maximum Gasteiger partial charge on any atom is 0.239 e. The molecule has 2 atom stereocenters. The fourth-order valence-electron chi connectivity index (χ4n) is 1.62.